The van der Waals surface area contributed by atoms with Crippen LogP contribution < -0.4 is 9.64 Å². The van der Waals surface area contributed by atoms with Gasteiger partial charge in [0.15, 0.2) is 5.75 Å². The number of hydrogen-bond acceptors (Lipinski definition) is 4. The lowest BCUT2D eigenvalue weighted by atomic mass is 9.85. The number of ether oxygens (including phenoxy) is 2. The first kappa shape index (κ1) is 24.7. The van der Waals surface area contributed by atoms with Gasteiger partial charge in [0.2, 0.25) is 0 Å². The van der Waals surface area contributed by atoms with Crippen molar-refractivity contribution in [3.8, 4) is 5.75 Å². The Kier molecular flexibility index (Phi) is 8.13. The molecule has 2 aromatic carbocycles. The summed E-state index contributed by atoms with van der Waals surface area (Å²) in [5, 5.41) is 0.536. The van der Waals surface area contributed by atoms with E-state index in [1.807, 2.05) is 32.9 Å². The minimum absolute atomic E-state index is 0.156. The fourth-order valence-corrected chi connectivity index (χ4v) is 3.22. The number of nitrogens with zero attached hydrogens (tertiary/aromatic N) is 1. The highest BCUT2D eigenvalue weighted by atomic mass is 35.5. The van der Waals surface area contributed by atoms with Crippen LogP contribution >= 0.6 is 11.6 Å². The number of halogens is 1. The van der Waals surface area contributed by atoms with Gasteiger partial charge in [0.25, 0.3) is 0 Å². The smallest absolute Gasteiger partial charge is 0.414 e. The monoisotopic (exact) mass is 445 g/mol. The molecule has 0 spiro atoms. The topological polar surface area (TPSA) is 55.8 Å². The number of rotatable bonds is 6. The lowest BCUT2D eigenvalue weighted by molar-refractivity contribution is 0.0733. The molecule has 0 heterocycles. The normalized spacial score (nSPS) is 11.4. The van der Waals surface area contributed by atoms with Gasteiger partial charge in [-0.1, -0.05) is 52.3 Å². The van der Waals surface area contributed by atoms with Crippen molar-refractivity contribution in [2.24, 2.45) is 5.92 Å². The molecule has 0 radical (unpaired) electrons. The summed E-state index contributed by atoms with van der Waals surface area (Å²) in [4.78, 5) is 27.3. The van der Waals surface area contributed by atoms with E-state index in [-0.39, 0.29) is 17.9 Å². The molecule has 0 saturated heterocycles. The van der Waals surface area contributed by atoms with E-state index >= 15 is 0 Å². The van der Waals surface area contributed by atoms with Crippen LogP contribution in [0.3, 0.4) is 0 Å². The van der Waals surface area contributed by atoms with Gasteiger partial charge in [-0.05, 0) is 66.6 Å². The summed E-state index contributed by atoms with van der Waals surface area (Å²) in [7, 11) is 0. The molecular formula is C25H32ClNO4. The van der Waals surface area contributed by atoms with Crippen LogP contribution in [0.1, 0.15) is 63.0 Å². The third-order valence-corrected chi connectivity index (χ3v) is 4.97. The number of hydrogen-bond donors (Lipinski definition) is 0. The number of amides is 1. The zero-order chi connectivity index (χ0) is 23.3. The molecule has 0 aliphatic rings. The Hall–Kier alpha value is -2.53. The molecule has 168 valence electrons. The Bertz CT molecular complexity index is 930. The lowest BCUT2D eigenvalue weighted by Gasteiger charge is -2.29. The molecule has 0 fully saturated rings. The van der Waals surface area contributed by atoms with Crippen molar-refractivity contribution in [3.05, 3.63) is 58.1 Å². The predicted molar refractivity (Wildman–Crippen MR) is 125 cm³/mol. The molecule has 0 aliphatic heterocycles. The molecule has 0 bridgehead atoms. The summed E-state index contributed by atoms with van der Waals surface area (Å²) in [5.74, 6) is 0.0161. The van der Waals surface area contributed by atoms with Gasteiger partial charge < -0.3 is 9.47 Å². The summed E-state index contributed by atoms with van der Waals surface area (Å²) in [5.41, 5.74) is 2.55. The summed E-state index contributed by atoms with van der Waals surface area (Å²) < 4.78 is 11.1. The van der Waals surface area contributed by atoms with Crippen LogP contribution in [0.5, 0.6) is 5.75 Å². The molecule has 1 amide bonds. The first-order valence-electron chi connectivity index (χ1n) is 10.5. The zero-order valence-electron chi connectivity index (χ0n) is 19.4. The number of benzene rings is 2. The fraction of sp³-hybridized carbons (Fsp3) is 0.440. The Morgan fingerprint density at radius 3 is 2.23 bits per heavy atom. The van der Waals surface area contributed by atoms with Crippen LogP contribution in [0, 0.1) is 12.8 Å². The molecule has 0 unspecified atom stereocenters. The predicted octanol–water partition coefficient (Wildman–Crippen LogP) is 6.78. The van der Waals surface area contributed by atoms with Crippen molar-refractivity contribution in [1.82, 2.24) is 0 Å². The highest BCUT2D eigenvalue weighted by Crippen LogP contribution is 2.38. The molecule has 0 saturated carbocycles. The summed E-state index contributed by atoms with van der Waals surface area (Å²) in [6.07, 6.45) is -0.467. The van der Waals surface area contributed by atoms with Gasteiger partial charge in [-0.15, -0.1) is 0 Å². The third kappa shape index (κ3) is 6.47. The molecule has 6 heteroatoms. The van der Waals surface area contributed by atoms with Gasteiger partial charge in [0, 0.05) is 11.6 Å². The van der Waals surface area contributed by atoms with E-state index in [9.17, 15) is 9.59 Å². The largest absolute Gasteiger partial charge is 0.449 e. The van der Waals surface area contributed by atoms with Crippen molar-refractivity contribution >= 4 is 29.4 Å². The van der Waals surface area contributed by atoms with E-state index in [0.717, 1.165) is 11.1 Å². The molecule has 2 rings (SSSR count). The number of carbonyl (C=O) groups excluding carboxylic acids is 2. The number of carbonyl (C=O) groups is 2. The SMILES string of the molecule is CCOC(=O)N(CC(C)C)c1cc(C(C)(C)C)cc(C)c1OC(=O)c1ccc(Cl)cc1. The second-order valence-electron chi connectivity index (χ2n) is 8.99. The van der Waals surface area contributed by atoms with E-state index in [1.165, 1.54) is 0 Å². The Morgan fingerprint density at radius 1 is 1.10 bits per heavy atom. The zero-order valence-corrected chi connectivity index (χ0v) is 20.2. The van der Waals surface area contributed by atoms with Gasteiger partial charge in [-0.25, -0.2) is 9.59 Å². The highest BCUT2D eigenvalue weighted by molar-refractivity contribution is 6.30. The maximum Gasteiger partial charge on any atom is 0.414 e. The van der Waals surface area contributed by atoms with Gasteiger partial charge in [-0.3, -0.25) is 4.90 Å². The number of anilines is 1. The lowest BCUT2D eigenvalue weighted by Crippen LogP contribution is -2.35. The Labute approximate surface area is 190 Å². The van der Waals surface area contributed by atoms with Gasteiger partial charge in [-0.2, -0.15) is 0 Å². The van der Waals surface area contributed by atoms with Crippen LogP contribution in [-0.4, -0.2) is 25.2 Å². The average molecular weight is 446 g/mol. The van der Waals surface area contributed by atoms with E-state index in [2.05, 4.69) is 20.8 Å². The van der Waals surface area contributed by atoms with Crippen LogP contribution in [0.2, 0.25) is 5.02 Å². The van der Waals surface area contributed by atoms with E-state index in [1.54, 1.807) is 36.1 Å². The van der Waals surface area contributed by atoms with Crippen LogP contribution in [0.4, 0.5) is 10.5 Å². The summed E-state index contributed by atoms with van der Waals surface area (Å²) >= 11 is 5.93. The van der Waals surface area contributed by atoms with Crippen molar-refractivity contribution < 1.29 is 19.1 Å². The number of esters is 1. The molecule has 0 N–H and O–H groups in total. The van der Waals surface area contributed by atoms with Crippen LogP contribution in [-0.2, 0) is 10.2 Å². The van der Waals surface area contributed by atoms with E-state index in [4.69, 9.17) is 21.1 Å². The summed E-state index contributed by atoms with van der Waals surface area (Å²) in [6.45, 7) is 14.7. The molecule has 5 nitrogen and oxygen atoms in total. The van der Waals surface area contributed by atoms with Crippen molar-refractivity contribution in [1.29, 1.82) is 0 Å². The van der Waals surface area contributed by atoms with Crippen molar-refractivity contribution in [2.75, 3.05) is 18.1 Å². The fourth-order valence-electron chi connectivity index (χ4n) is 3.10. The minimum atomic E-state index is -0.516. The van der Waals surface area contributed by atoms with E-state index < -0.39 is 12.1 Å². The maximum atomic E-state index is 12.9. The molecule has 0 aliphatic carbocycles. The summed E-state index contributed by atoms with van der Waals surface area (Å²) in [6, 6.07) is 10.4. The first-order valence-corrected chi connectivity index (χ1v) is 10.9. The minimum Gasteiger partial charge on any atom is -0.449 e. The molecule has 2 aromatic rings. The molecular weight excluding hydrogens is 414 g/mol. The number of aryl methyl sites for hydroxylation is 1. The van der Waals surface area contributed by atoms with Crippen LogP contribution in [0.15, 0.2) is 36.4 Å². The Morgan fingerprint density at radius 2 is 1.71 bits per heavy atom. The van der Waals surface area contributed by atoms with Gasteiger partial charge in [0.1, 0.15) is 0 Å². The molecule has 0 aromatic heterocycles. The van der Waals surface area contributed by atoms with E-state index in [0.29, 0.717) is 28.6 Å². The maximum absolute atomic E-state index is 12.9. The van der Waals surface area contributed by atoms with Crippen molar-refractivity contribution in [2.45, 2.75) is 53.9 Å². The van der Waals surface area contributed by atoms with Gasteiger partial charge >= 0.3 is 12.1 Å². The average Bonchev–Trinajstić information content (AvgIpc) is 2.67. The van der Waals surface area contributed by atoms with Crippen molar-refractivity contribution in [3.63, 3.8) is 0 Å². The van der Waals surface area contributed by atoms with Gasteiger partial charge in [0.05, 0.1) is 17.9 Å². The molecule has 0 atom stereocenters. The van der Waals surface area contributed by atoms with Crippen LogP contribution in [0.25, 0.3) is 0 Å². The third-order valence-electron chi connectivity index (χ3n) is 4.72. The first-order chi connectivity index (χ1) is 14.4. The second kappa shape index (κ2) is 10.2. The second-order valence-corrected chi connectivity index (χ2v) is 9.43. The molecule has 31 heavy (non-hydrogen) atoms. The quantitative estimate of drug-likeness (QED) is 0.363. The standard InChI is InChI=1S/C25H32ClNO4/c1-8-30-24(29)27(15-16(2)3)21-14-19(25(5,6)7)13-17(4)22(21)31-23(28)18-9-11-20(26)12-10-18/h9-14,16H,8,15H2,1-7H3. The Balaban J connectivity index is 2.60. The highest BCUT2D eigenvalue weighted by Gasteiger charge is 2.27.